The van der Waals surface area contributed by atoms with Crippen molar-refractivity contribution in [3.05, 3.63) is 76.2 Å². The minimum Gasteiger partial charge on any atom is -0.445 e. The van der Waals surface area contributed by atoms with Gasteiger partial charge in [0.25, 0.3) is 0 Å². The number of nitrogens with one attached hydrogen (secondary N) is 2. The van der Waals surface area contributed by atoms with E-state index in [1.165, 1.54) is 0 Å². The standard InChI is InChI=1S/C27H33N3O5.ClH/c1-16(2)14-20(29-27(34)35-15-18-10-12-28-13-11-18)26(33)30-23(17(3)4)25(32)22-21(24(22)31)19-8-6-5-7-9-19;/h5-13,16-17,20,23,25,32H,14-15H2,1-4H3,(H,29,34)(H,30,33);1H/t20-,23-,25+;/m0./s1. The van der Waals surface area contributed by atoms with Gasteiger partial charge in [0.1, 0.15) is 18.8 Å². The van der Waals surface area contributed by atoms with Crippen LogP contribution in [-0.4, -0.2) is 34.2 Å². The van der Waals surface area contributed by atoms with Gasteiger partial charge in [-0.05, 0) is 41.5 Å². The molecule has 3 atom stereocenters. The molecule has 0 saturated carbocycles. The van der Waals surface area contributed by atoms with Crippen molar-refractivity contribution in [2.75, 3.05) is 0 Å². The third-order valence-corrected chi connectivity index (χ3v) is 5.84. The highest BCUT2D eigenvalue weighted by Crippen LogP contribution is 2.33. The second-order valence-electron chi connectivity index (χ2n) is 9.47. The molecule has 9 heteroatoms. The molecule has 1 heterocycles. The van der Waals surface area contributed by atoms with Crippen LogP contribution in [0.2, 0.25) is 0 Å². The number of aromatic nitrogens is 1. The number of amides is 2. The summed E-state index contributed by atoms with van der Waals surface area (Å²) in [6, 6.07) is 11.1. The number of carbonyl (C=O) groups is 2. The number of halogens is 1. The lowest BCUT2D eigenvalue weighted by Crippen LogP contribution is -2.52. The van der Waals surface area contributed by atoms with Crippen LogP contribution in [0.5, 0.6) is 0 Å². The summed E-state index contributed by atoms with van der Waals surface area (Å²) >= 11 is 0. The van der Waals surface area contributed by atoms with Crippen molar-refractivity contribution in [2.24, 2.45) is 11.8 Å². The Hall–Kier alpha value is -3.23. The minimum atomic E-state index is -1.15. The molecular formula is C27H34ClN3O5. The maximum Gasteiger partial charge on any atom is 0.408 e. The fraction of sp³-hybridized carbons (Fsp3) is 0.407. The van der Waals surface area contributed by atoms with E-state index < -0.39 is 30.2 Å². The first-order chi connectivity index (χ1) is 16.7. The molecule has 0 unspecified atom stereocenters. The summed E-state index contributed by atoms with van der Waals surface area (Å²) in [4.78, 5) is 42.0. The molecule has 0 radical (unpaired) electrons. The topological polar surface area (TPSA) is 118 Å². The first-order valence-corrected chi connectivity index (χ1v) is 11.8. The zero-order valence-corrected chi connectivity index (χ0v) is 21.7. The smallest absolute Gasteiger partial charge is 0.408 e. The molecule has 0 aliphatic heterocycles. The van der Waals surface area contributed by atoms with Crippen LogP contribution in [-0.2, 0) is 16.1 Å². The van der Waals surface area contributed by atoms with Gasteiger partial charge in [-0.2, -0.15) is 0 Å². The van der Waals surface area contributed by atoms with Crippen LogP contribution in [0.1, 0.15) is 51.3 Å². The van der Waals surface area contributed by atoms with E-state index in [2.05, 4.69) is 15.6 Å². The molecule has 3 N–H and O–H groups in total. The van der Waals surface area contributed by atoms with Gasteiger partial charge in [0.05, 0.1) is 6.04 Å². The highest BCUT2D eigenvalue weighted by Gasteiger charge is 2.37. The summed E-state index contributed by atoms with van der Waals surface area (Å²) in [7, 11) is 0. The number of benzene rings is 1. The molecule has 8 nitrogen and oxygen atoms in total. The lowest BCUT2D eigenvalue weighted by molar-refractivity contribution is -0.125. The summed E-state index contributed by atoms with van der Waals surface area (Å²) in [5, 5.41) is 16.5. The predicted octanol–water partition coefficient (Wildman–Crippen LogP) is 3.92. The van der Waals surface area contributed by atoms with Crippen LogP contribution < -0.4 is 16.1 Å². The van der Waals surface area contributed by atoms with E-state index in [1.807, 2.05) is 58.0 Å². The number of aliphatic hydroxyl groups excluding tert-OH is 1. The number of hydrogen-bond acceptors (Lipinski definition) is 6. The van der Waals surface area contributed by atoms with Gasteiger partial charge in [-0.1, -0.05) is 58.0 Å². The summed E-state index contributed by atoms with van der Waals surface area (Å²) in [6.07, 6.45) is 1.72. The van der Waals surface area contributed by atoms with E-state index in [1.54, 1.807) is 24.5 Å². The Morgan fingerprint density at radius 3 is 2.22 bits per heavy atom. The fourth-order valence-corrected chi connectivity index (χ4v) is 3.93. The lowest BCUT2D eigenvalue weighted by Gasteiger charge is -2.29. The van der Waals surface area contributed by atoms with E-state index in [4.69, 9.17) is 4.74 Å². The second kappa shape index (κ2) is 13.2. The molecule has 0 bridgehead atoms. The molecule has 1 aromatic heterocycles. The molecule has 0 fully saturated rings. The third kappa shape index (κ3) is 7.63. The molecule has 36 heavy (non-hydrogen) atoms. The fourth-order valence-electron chi connectivity index (χ4n) is 3.93. The van der Waals surface area contributed by atoms with E-state index in [0.717, 1.165) is 11.1 Å². The van der Waals surface area contributed by atoms with Crippen LogP contribution >= 0.6 is 12.4 Å². The van der Waals surface area contributed by atoms with Crippen molar-refractivity contribution in [3.63, 3.8) is 0 Å². The molecule has 0 saturated heterocycles. The molecule has 2 amide bonds. The third-order valence-electron chi connectivity index (χ3n) is 5.84. The Balaban J connectivity index is 0.00000456. The van der Waals surface area contributed by atoms with Gasteiger partial charge < -0.3 is 20.5 Å². The van der Waals surface area contributed by atoms with Crippen LogP contribution in [0.15, 0.2) is 59.7 Å². The first-order valence-electron chi connectivity index (χ1n) is 11.8. The van der Waals surface area contributed by atoms with Crippen molar-refractivity contribution >= 4 is 24.4 Å². The largest absolute Gasteiger partial charge is 0.445 e. The zero-order valence-electron chi connectivity index (χ0n) is 20.9. The average molecular weight is 516 g/mol. The highest BCUT2D eigenvalue weighted by atomic mass is 35.5. The van der Waals surface area contributed by atoms with E-state index in [9.17, 15) is 19.5 Å². The number of ether oxygens (including phenoxy) is 1. The zero-order chi connectivity index (χ0) is 25.5. The molecular weight excluding hydrogens is 482 g/mol. The second-order valence-corrected chi connectivity index (χ2v) is 9.47. The maximum absolute atomic E-state index is 13.2. The number of carbonyl (C=O) groups excluding carboxylic acids is 2. The van der Waals surface area contributed by atoms with Gasteiger partial charge in [-0.3, -0.25) is 14.6 Å². The van der Waals surface area contributed by atoms with Gasteiger partial charge in [0.15, 0.2) is 5.43 Å². The highest BCUT2D eigenvalue weighted by molar-refractivity contribution is 5.86. The Morgan fingerprint density at radius 1 is 1.00 bits per heavy atom. The van der Waals surface area contributed by atoms with Crippen LogP contribution in [0, 0.1) is 11.8 Å². The molecule has 2 aromatic carbocycles. The van der Waals surface area contributed by atoms with Gasteiger partial charge in [0, 0.05) is 23.5 Å². The summed E-state index contributed by atoms with van der Waals surface area (Å²) in [5.41, 5.74) is 2.14. The molecule has 194 valence electrons. The first kappa shape index (κ1) is 29.0. The van der Waals surface area contributed by atoms with E-state index >= 15 is 0 Å². The van der Waals surface area contributed by atoms with E-state index in [-0.39, 0.29) is 36.3 Å². The Bertz CT molecular complexity index is 1130. The van der Waals surface area contributed by atoms with Gasteiger partial charge in [-0.25, -0.2) is 4.79 Å². The predicted molar refractivity (Wildman–Crippen MR) is 140 cm³/mol. The van der Waals surface area contributed by atoms with Crippen molar-refractivity contribution in [2.45, 2.75) is 58.9 Å². The van der Waals surface area contributed by atoms with Crippen molar-refractivity contribution < 1.29 is 19.4 Å². The number of nitrogens with zero attached hydrogens (tertiary/aromatic N) is 1. The quantitative estimate of drug-likeness (QED) is 0.356. The Labute approximate surface area is 217 Å². The van der Waals surface area contributed by atoms with Gasteiger partial charge >= 0.3 is 6.09 Å². The molecule has 3 rings (SSSR count). The summed E-state index contributed by atoms with van der Waals surface area (Å²) < 4.78 is 5.26. The van der Waals surface area contributed by atoms with Crippen LogP contribution in [0.25, 0.3) is 11.1 Å². The summed E-state index contributed by atoms with van der Waals surface area (Å²) in [5.74, 6) is -0.483. The number of alkyl carbamates (subject to hydrolysis) is 1. The Morgan fingerprint density at radius 2 is 1.64 bits per heavy atom. The minimum absolute atomic E-state index is 0. The normalized spacial score (nSPS) is 13.6. The molecule has 3 aromatic rings. The monoisotopic (exact) mass is 515 g/mol. The summed E-state index contributed by atoms with van der Waals surface area (Å²) in [6.45, 7) is 7.66. The van der Waals surface area contributed by atoms with Crippen LogP contribution in [0.4, 0.5) is 4.79 Å². The molecule has 0 spiro atoms. The number of pyridine rings is 1. The molecule has 0 aliphatic rings. The number of aliphatic hydroxyl groups is 1. The number of rotatable bonds is 11. The van der Waals surface area contributed by atoms with Gasteiger partial charge in [0.2, 0.25) is 5.91 Å². The van der Waals surface area contributed by atoms with Crippen LogP contribution in [0.3, 0.4) is 0 Å². The van der Waals surface area contributed by atoms with Gasteiger partial charge in [-0.15, -0.1) is 12.4 Å². The Kier molecular flexibility index (Phi) is 10.6. The SMILES string of the molecule is CC(C)C[C@H](NC(=O)OCc1ccncc1)C(=O)N[C@@H](C(C)C)[C@H](O)c1c(-c2ccccc2)c1=O.Cl. The average Bonchev–Trinajstić information content (AvgIpc) is 3.51. The van der Waals surface area contributed by atoms with Crippen molar-refractivity contribution in [3.8, 4) is 11.1 Å². The molecule has 0 aliphatic carbocycles. The lowest BCUT2D eigenvalue weighted by atomic mass is 9.95. The van der Waals surface area contributed by atoms with Crippen molar-refractivity contribution in [1.29, 1.82) is 0 Å². The van der Waals surface area contributed by atoms with Crippen molar-refractivity contribution in [1.82, 2.24) is 15.6 Å². The maximum atomic E-state index is 13.2. The van der Waals surface area contributed by atoms with E-state index in [0.29, 0.717) is 17.5 Å². The number of hydrogen-bond donors (Lipinski definition) is 3.